The van der Waals surface area contributed by atoms with Crippen molar-refractivity contribution >= 4 is 17.7 Å². The Morgan fingerprint density at radius 1 is 1.37 bits per heavy atom. The van der Waals surface area contributed by atoms with Gasteiger partial charge in [0, 0.05) is 5.69 Å². The summed E-state index contributed by atoms with van der Waals surface area (Å²) < 4.78 is 0. The van der Waals surface area contributed by atoms with Gasteiger partial charge in [-0.15, -0.1) is 0 Å². The van der Waals surface area contributed by atoms with Gasteiger partial charge in [-0.05, 0) is 31.9 Å². The summed E-state index contributed by atoms with van der Waals surface area (Å²) in [5, 5.41) is 12.2. The molecule has 0 atom stereocenters. The molecule has 0 unspecified atom stereocenters. The van der Waals surface area contributed by atoms with Gasteiger partial charge in [-0.25, -0.2) is 9.78 Å². The Morgan fingerprint density at radius 2 is 1.95 bits per heavy atom. The number of aromatic nitrogens is 1. The number of aliphatic carboxylic acids is 1. The zero-order valence-electron chi connectivity index (χ0n) is 11.4. The molecule has 0 bridgehead atoms. The van der Waals surface area contributed by atoms with Gasteiger partial charge in [-0.2, -0.15) is 0 Å². The molecule has 4 N–H and O–H groups in total. The maximum Gasteiger partial charge on any atom is 0.329 e. The number of nitrogens with two attached hydrogens (primary N) is 1. The van der Waals surface area contributed by atoms with Crippen LogP contribution < -0.4 is 11.1 Å². The van der Waals surface area contributed by atoms with E-state index in [1.54, 1.807) is 32.9 Å². The lowest BCUT2D eigenvalue weighted by atomic mass is 9.92. The number of aryl methyl sites for hydroxylation is 1. The van der Waals surface area contributed by atoms with Crippen LogP contribution in [0.5, 0.6) is 0 Å². The zero-order valence-corrected chi connectivity index (χ0v) is 11.4. The second-order valence-corrected chi connectivity index (χ2v) is 4.43. The maximum absolute atomic E-state index is 11.4. The van der Waals surface area contributed by atoms with E-state index in [1.807, 2.05) is 0 Å². The van der Waals surface area contributed by atoms with E-state index in [9.17, 15) is 14.7 Å². The lowest BCUT2D eigenvalue weighted by molar-refractivity contribution is -0.142. The van der Waals surface area contributed by atoms with E-state index in [0.717, 1.165) is 0 Å². The van der Waals surface area contributed by atoms with E-state index in [-0.39, 0.29) is 11.4 Å². The maximum atomic E-state index is 11.4. The Labute approximate surface area is 112 Å². The standard InChI is InChI=1S/C13H19N3O3/c1-4-13(5-2,12(18)19)16-11-9(10(14)17)7-6-8(3)15-11/h6-7H,4-5H2,1-3H3,(H2,14,17)(H,15,16)(H,18,19). The van der Waals surface area contributed by atoms with Crippen LogP contribution in [0.15, 0.2) is 12.1 Å². The van der Waals surface area contributed by atoms with E-state index in [2.05, 4.69) is 10.3 Å². The summed E-state index contributed by atoms with van der Waals surface area (Å²) in [4.78, 5) is 27.0. The van der Waals surface area contributed by atoms with Crippen LogP contribution >= 0.6 is 0 Å². The Balaban J connectivity index is 3.26. The molecule has 0 aliphatic heterocycles. The van der Waals surface area contributed by atoms with Gasteiger partial charge >= 0.3 is 5.97 Å². The minimum absolute atomic E-state index is 0.193. The number of carbonyl (C=O) groups is 2. The average Bonchev–Trinajstić information content (AvgIpc) is 2.35. The molecule has 1 amide bonds. The quantitative estimate of drug-likeness (QED) is 0.723. The van der Waals surface area contributed by atoms with Crippen LogP contribution in [0.4, 0.5) is 5.82 Å². The van der Waals surface area contributed by atoms with Crippen LogP contribution in [0.25, 0.3) is 0 Å². The normalized spacial score (nSPS) is 11.1. The number of hydrogen-bond acceptors (Lipinski definition) is 4. The molecule has 0 spiro atoms. The number of nitrogens with one attached hydrogen (secondary N) is 1. The predicted octanol–water partition coefficient (Wildman–Crippen LogP) is 1.54. The molecular weight excluding hydrogens is 246 g/mol. The van der Waals surface area contributed by atoms with Gasteiger partial charge < -0.3 is 16.2 Å². The van der Waals surface area contributed by atoms with E-state index < -0.39 is 17.4 Å². The second-order valence-electron chi connectivity index (χ2n) is 4.43. The zero-order chi connectivity index (χ0) is 14.6. The molecule has 6 heteroatoms. The van der Waals surface area contributed by atoms with Gasteiger partial charge in [0.15, 0.2) is 0 Å². The molecule has 0 aliphatic carbocycles. The van der Waals surface area contributed by atoms with Crippen LogP contribution in [0.3, 0.4) is 0 Å². The summed E-state index contributed by atoms with van der Waals surface area (Å²) in [6.07, 6.45) is 0.735. The van der Waals surface area contributed by atoms with E-state index in [1.165, 1.54) is 0 Å². The first-order valence-electron chi connectivity index (χ1n) is 6.15. The molecule has 19 heavy (non-hydrogen) atoms. The van der Waals surface area contributed by atoms with Crippen LogP contribution in [-0.2, 0) is 4.79 Å². The topological polar surface area (TPSA) is 105 Å². The molecule has 1 aromatic heterocycles. The molecule has 0 saturated heterocycles. The number of primary amides is 1. The summed E-state index contributed by atoms with van der Waals surface area (Å²) in [6.45, 7) is 5.30. The summed E-state index contributed by atoms with van der Waals surface area (Å²) >= 11 is 0. The molecule has 1 rings (SSSR count). The van der Waals surface area contributed by atoms with Crippen LogP contribution in [0.2, 0.25) is 0 Å². The number of pyridine rings is 1. The number of hydrogen-bond donors (Lipinski definition) is 3. The summed E-state index contributed by atoms with van der Waals surface area (Å²) in [6, 6.07) is 3.20. The Morgan fingerprint density at radius 3 is 2.37 bits per heavy atom. The third kappa shape index (κ3) is 3.01. The second kappa shape index (κ2) is 5.69. The number of nitrogens with zero attached hydrogens (tertiary/aromatic N) is 1. The lowest BCUT2D eigenvalue weighted by Gasteiger charge is -2.29. The van der Waals surface area contributed by atoms with Crippen LogP contribution in [0.1, 0.15) is 42.7 Å². The van der Waals surface area contributed by atoms with Crippen molar-refractivity contribution in [2.75, 3.05) is 5.32 Å². The number of anilines is 1. The summed E-state index contributed by atoms with van der Waals surface area (Å²) in [5.41, 5.74) is 5.00. The average molecular weight is 265 g/mol. The molecule has 104 valence electrons. The van der Waals surface area contributed by atoms with Crippen molar-refractivity contribution in [1.29, 1.82) is 0 Å². The predicted molar refractivity (Wildman–Crippen MR) is 72.1 cm³/mol. The molecule has 0 fully saturated rings. The summed E-state index contributed by atoms with van der Waals surface area (Å²) in [7, 11) is 0. The molecule has 1 heterocycles. The van der Waals surface area contributed by atoms with Crippen molar-refractivity contribution in [3.05, 3.63) is 23.4 Å². The van der Waals surface area contributed by atoms with Gasteiger partial charge in [0.2, 0.25) is 0 Å². The largest absolute Gasteiger partial charge is 0.480 e. The van der Waals surface area contributed by atoms with Gasteiger partial charge in [0.1, 0.15) is 11.4 Å². The Kier molecular flexibility index (Phi) is 4.47. The monoisotopic (exact) mass is 265 g/mol. The Hall–Kier alpha value is -2.11. The van der Waals surface area contributed by atoms with Crippen molar-refractivity contribution in [2.45, 2.75) is 39.2 Å². The molecular formula is C13H19N3O3. The number of rotatable bonds is 6. The van der Waals surface area contributed by atoms with Crippen molar-refractivity contribution in [3.8, 4) is 0 Å². The molecule has 0 radical (unpaired) electrons. The van der Waals surface area contributed by atoms with Gasteiger partial charge in [-0.1, -0.05) is 13.8 Å². The SMILES string of the molecule is CCC(CC)(Nc1nc(C)ccc1C(N)=O)C(=O)O. The number of amides is 1. The van der Waals surface area contributed by atoms with Gasteiger partial charge in [-0.3, -0.25) is 4.79 Å². The lowest BCUT2D eigenvalue weighted by Crippen LogP contribution is -2.46. The van der Waals surface area contributed by atoms with Gasteiger partial charge in [0.25, 0.3) is 5.91 Å². The fourth-order valence-corrected chi connectivity index (χ4v) is 1.86. The fraction of sp³-hybridized carbons (Fsp3) is 0.462. The van der Waals surface area contributed by atoms with E-state index in [0.29, 0.717) is 18.5 Å². The van der Waals surface area contributed by atoms with Crippen molar-refractivity contribution in [1.82, 2.24) is 4.98 Å². The molecule has 0 aromatic carbocycles. The third-order valence-corrected chi connectivity index (χ3v) is 3.27. The fourth-order valence-electron chi connectivity index (χ4n) is 1.86. The number of carboxylic acids is 1. The molecule has 1 aromatic rings. The van der Waals surface area contributed by atoms with E-state index >= 15 is 0 Å². The highest BCUT2D eigenvalue weighted by atomic mass is 16.4. The van der Waals surface area contributed by atoms with Crippen molar-refractivity contribution in [3.63, 3.8) is 0 Å². The van der Waals surface area contributed by atoms with Crippen molar-refractivity contribution in [2.24, 2.45) is 5.73 Å². The smallest absolute Gasteiger partial charge is 0.329 e. The third-order valence-electron chi connectivity index (χ3n) is 3.27. The van der Waals surface area contributed by atoms with E-state index in [4.69, 9.17) is 5.73 Å². The summed E-state index contributed by atoms with van der Waals surface area (Å²) in [5.74, 6) is -1.39. The van der Waals surface area contributed by atoms with Crippen LogP contribution in [-0.4, -0.2) is 27.5 Å². The first-order valence-corrected chi connectivity index (χ1v) is 6.15. The Bertz CT molecular complexity index is 496. The highest BCUT2D eigenvalue weighted by molar-refractivity contribution is 5.98. The highest BCUT2D eigenvalue weighted by Gasteiger charge is 2.36. The number of carbonyl (C=O) groups excluding carboxylic acids is 1. The minimum atomic E-state index is -1.15. The first-order chi connectivity index (χ1) is 8.86. The van der Waals surface area contributed by atoms with Gasteiger partial charge in [0.05, 0.1) is 5.56 Å². The number of carboxylic acid groups (broad SMARTS) is 1. The molecule has 0 saturated carbocycles. The van der Waals surface area contributed by atoms with Crippen molar-refractivity contribution < 1.29 is 14.7 Å². The molecule has 0 aliphatic rings. The highest BCUT2D eigenvalue weighted by Crippen LogP contribution is 2.24. The van der Waals surface area contributed by atoms with Crippen LogP contribution in [0, 0.1) is 6.92 Å². The first kappa shape index (κ1) is 14.9. The molecule has 6 nitrogen and oxygen atoms in total. The minimum Gasteiger partial charge on any atom is -0.480 e.